The molecule has 1 fully saturated rings. The molecule has 3 rings (SSSR count). The van der Waals surface area contributed by atoms with E-state index in [0.29, 0.717) is 41.9 Å². The highest BCUT2D eigenvalue weighted by atomic mass is 35.5. The van der Waals surface area contributed by atoms with Crippen molar-refractivity contribution in [2.75, 3.05) is 26.2 Å². The van der Waals surface area contributed by atoms with E-state index in [2.05, 4.69) is 4.90 Å². The number of rotatable bonds is 3. The molecule has 1 saturated heterocycles. The second-order valence-electron chi connectivity index (χ2n) is 6.22. The molecule has 0 aliphatic carbocycles. The van der Waals surface area contributed by atoms with Crippen molar-refractivity contribution in [3.05, 3.63) is 33.3 Å². The summed E-state index contributed by atoms with van der Waals surface area (Å²) in [5.74, 6) is -0.0700. The molecule has 1 N–H and O–H groups in total. The highest BCUT2D eigenvalue weighted by Gasteiger charge is 2.40. The van der Waals surface area contributed by atoms with Crippen molar-refractivity contribution in [2.24, 2.45) is 5.41 Å². The van der Waals surface area contributed by atoms with E-state index in [1.807, 2.05) is 12.1 Å². The minimum Gasteiger partial charge on any atom is -0.487 e. The Kier molecular flexibility index (Phi) is 4.10. The van der Waals surface area contributed by atoms with Gasteiger partial charge in [-0.2, -0.15) is 0 Å². The van der Waals surface area contributed by atoms with Gasteiger partial charge in [0.2, 0.25) is 0 Å². The Morgan fingerprint density at radius 1 is 1.45 bits per heavy atom. The van der Waals surface area contributed by atoms with Crippen molar-refractivity contribution >= 4 is 35.2 Å². The molecule has 1 unspecified atom stereocenters. The van der Waals surface area contributed by atoms with E-state index in [9.17, 15) is 9.90 Å². The molecule has 6 heteroatoms. The summed E-state index contributed by atoms with van der Waals surface area (Å²) in [6.07, 6.45) is 2.71. The molecule has 2 aliphatic rings. The van der Waals surface area contributed by atoms with Gasteiger partial charge in [0.05, 0.1) is 10.4 Å². The fourth-order valence-corrected chi connectivity index (χ4v) is 3.57. The molecule has 4 nitrogen and oxygen atoms in total. The van der Waals surface area contributed by atoms with Gasteiger partial charge in [0.1, 0.15) is 12.4 Å². The molecule has 22 heavy (non-hydrogen) atoms. The Morgan fingerprint density at radius 3 is 2.91 bits per heavy atom. The van der Waals surface area contributed by atoms with E-state index >= 15 is 0 Å². The number of hydrogen-bond acceptors (Lipinski definition) is 3. The van der Waals surface area contributed by atoms with Crippen LogP contribution in [0, 0.1) is 5.41 Å². The Balaban J connectivity index is 1.75. The number of benzene rings is 1. The van der Waals surface area contributed by atoms with Crippen LogP contribution in [0.4, 0.5) is 0 Å². The smallest absolute Gasteiger partial charge is 0.310 e. The van der Waals surface area contributed by atoms with Crippen molar-refractivity contribution in [2.45, 2.75) is 13.3 Å². The van der Waals surface area contributed by atoms with E-state index in [0.717, 1.165) is 17.7 Å². The van der Waals surface area contributed by atoms with Crippen LogP contribution in [0.15, 0.2) is 17.7 Å². The minimum atomic E-state index is -0.729. The number of carboxylic acids is 1. The predicted octanol–water partition coefficient (Wildman–Crippen LogP) is 3.57. The van der Waals surface area contributed by atoms with Gasteiger partial charge in [0, 0.05) is 23.7 Å². The van der Waals surface area contributed by atoms with Crippen molar-refractivity contribution in [1.29, 1.82) is 0 Å². The Hall–Kier alpha value is -1.23. The van der Waals surface area contributed by atoms with Crippen molar-refractivity contribution < 1.29 is 14.6 Å². The zero-order chi connectivity index (χ0) is 15.9. The highest BCUT2D eigenvalue weighted by molar-refractivity contribution is 6.36. The first-order chi connectivity index (χ1) is 10.4. The maximum Gasteiger partial charge on any atom is 0.310 e. The second kappa shape index (κ2) is 5.76. The predicted molar refractivity (Wildman–Crippen MR) is 86.7 cm³/mol. The van der Waals surface area contributed by atoms with Crippen LogP contribution >= 0.6 is 23.2 Å². The first-order valence-corrected chi connectivity index (χ1v) is 7.90. The molecule has 0 saturated carbocycles. The topological polar surface area (TPSA) is 49.8 Å². The van der Waals surface area contributed by atoms with Crippen LogP contribution in [-0.4, -0.2) is 42.2 Å². The lowest BCUT2D eigenvalue weighted by Gasteiger charge is -2.24. The van der Waals surface area contributed by atoms with Gasteiger partial charge in [0.25, 0.3) is 0 Å². The van der Waals surface area contributed by atoms with Crippen LogP contribution in [0.3, 0.4) is 0 Å². The maximum atomic E-state index is 11.3. The SMILES string of the molecule is CC1(C(=O)O)CCN(CC2=Cc3cc(Cl)cc(Cl)c3OC2)C1. The van der Waals surface area contributed by atoms with Gasteiger partial charge >= 0.3 is 5.97 Å². The zero-order valence-electron chi connectivity index (χ0n) is 12.2. The lowest BCUT2D eigenvalue weighted by atomic mass is 9.90. The molecule has 1 aromatic rings. The third-order valence-corrected chi connectivity index (χ3v) is 4.79. The third-order valence-electron chi connectivity index (χ3n) is 4.29. The van der Waals surface area contributed by atoms with Crippen LogP contribution in [0.5, 0.6) is 5.75 Å². The number of halogens is 2. The first-order valence-electron chi connectivity index (χ1n) is 7.14. The number of aliphatic carboxylic acids is 1. The zero-order valence-corrected chi connectivity index (χ0v) is 13.7. The Labute approximate surface area is 139 Å². The second-order valence-corrected chi connectivity index (χ2v) is 7.07. The fraction of sp³-hybridized carbons (Fsp3) is 0.438. The molecule has 0 radical (unpaired) electrons. The number of carbonyl (C=O) groups is 1. The number of ether oxygens (including phenoxy) is 1. The van der Waals surface area contributed by atoms with Gasteiger partial charge in [0.15, 0.2) is 0 Å². The summed E-state index contributed by atoms with van der Waals surface area (Å²) in [5.41, 5.74) is 1.32. The monoisotopic (exact) mass is 341 g/mol. The Morgan fingerprint density at radius 2 is 2.23 bits per heavy atom. The summed E-state index contributed by atoms with van der Waals surface area (Å²) >= 11 is 12.2. The molecule has 1 aromatic carbocycles. The average Bonchev–Trinajstić information content (AvgIpc) is 2.81. The molecule has 0 amide bonds. The quantitative estimate of drug-likeness (QED) is 0.912. The van der Waals surface area contributed by atoms with Crippen molar-refractivity contribution in [3.63, 3.8) is 0 Å². The molecule has 118 valence electrons. The van der Waals surface area contributed by atoms with E-state index < -0.39 is 11.4 Å². The number of likely N-dealkylation sites (tertiary alicyclic amines) is 1. The van der Waals surface area contributed by atoms with Crippen LogP contribution in [0.2, 0.25) is 10.0 Å². The highest BCUT2D eigenvalue weighted by Crippen LogP contribution is 2.37. The molecule has 0 aromatic heterocycles. The molecule has 2 aliphatic heterocycles. The van der Waals surface area contributed by atoms with Crippen molar-refractivity contribution in [1.82, 2.24) is 4.90 Å². The molecule has 0 spiro atoms. The molecular formula is C16H17Cl2NO3. The minimum absolute atomic E-state index is 0.467. The molecule has 0 bridgehead atoms. The summed E-state index contributed by atoms with van der Waals surface area (Å²) in [6.45, 7) is 4.31. The summed E-state index contributed by atoms with van der Waals surface area (Å²) < 4.78 is 5.73. The Bertz CT molecular complexity index is 659. The summed E-state index contributed by atoms with van der Waals surface area (Å²) in [4.78, 5) is 13.5. The first kappa shape index (κ1) is 15.7. The van der Waals surface area contributed by atoms with Gasteiger partial charge in [-0.3, -0.25) is 9.69 Å². The summed E-state index contributed by atoms with van der Waals surface area (Å²) in [5, 5.41) is 10.4. The lowest BCUT2D eigenvalue weighted by Crippen LogP contribution is -2.33. The molecule has 1 atom stereocenters. The van der Waals surface area contributed by atoms with Gasteiger partial charge in [-0.05, 0) is 43.7 Å². The normalized spacial score (nSPS) is 24.6. The van der Waals surface area contributed by atoms with E-state index in [-0.39, 0.29) is 0 Å². The van der Waals surface area contributed by atoms with Gasteiger partial charge in [-0.15, -0.1) is 0 Å². The van der Waals surface area contributed by atoms with Crippen LogP contribution in [-0.2, 0) is 4.79 Å². The van der Waals surface area contributed by atoms with Crippen molar-refractivity contribution in [3.8, 4) is 5.75 Å². The van der Waals surface area contributed by atoms with E-state index in [1.165, 1.54) is 0 Å². The molecule has 2 heterocycles. The largest absolute Gasteiger partial charge is 0.487 e. The van der Waals surface area contributed by atoms with Crippen LogP contribution in [0.25, 0.3) is 6.08 Å². The number of carboxylic acid groups (broad SMARTS) is 1. The maximum absolute atomic E-state index is 11.3. The standard InChI is InChI=1S/C16H17Cl2NO3/c1-16(15(20)21)2-3-19(9-16)7-10-4-11-5-12(17)6-13(18)14(11)22-8-10/h4-6H,2-3,7-9H2,1H3,(H,20,21). The van der Waals surface area contributed by atoms with Gasteiger partial charge < -0.3 is 9.84 Å². The number of nitrogens with zero attached hydrogens (tertiary/aromatic N) is 1. The number of fused-ring (bicyclic) bond motifs is 1. The average molecular weight is 342 g/mol. The van der Waals surface area contributed by atoms with Gasteiger partial charge in [-0.25, -0.2) is 0 Å². The van der Waals surface area contributed by atoms with E-state index in [4.69, 9.17) is 27.9 Å². The summed E-state index contributed by atoms with van der Waals surface area (Å²) in [6, 6.07) is 3.49. The fourth-order valence-electron chi connectivity index (χ4n) is 3.01. The lowest BCUT2D eigenvalue weighted by molar-refractivity contribution is -0.147. The number of hydrogen-bond donors (Lipinski definition) is 1. The van der Waals surface area contributed by atoms with Crippen LogP contribution < -0.4 is 4.74 Å². The van der Waals surface area contributed by atoms with E-state index in [1.54, 1.807) is 13.0 Å². The third kappa shape index (κ3) is 2.96. The summed E-state index contributed by atoms with van der Waals surface area (Å²) in [7, 11) is 0. The molecular weight excluding hydrogens is 325 g/mol. The van der Waals surface area contributed by atoms with Crippen LogP contribution in [0.1, 0.15) is 18.9 Å². The van der Waals surface area contributed by atoms with Gasteiger partial charge in [-0.1, -0.05) is 23.2 Å².